The smallest absolute Gasteiger partial charge is 0.0142 e. The molecule has 140 valence electrons. The Morgan fingerprint density at radius 2 is 0.591 bits per heavy atom. The summed E-state index contributed by atoms with van der Waals surface area (Å²) in [5.41, 5.74) is 0. The Bertz CT molecular complexity index is 303. The van der Waals surface area contributed by atoms with E-state index in [4.69, 9.17) is 0 Å². The molecule has 0 fully saturated rings. The van der Waals surface area contributed by atoms with E-state index in [0.717, 1.165) is 0 Å². The average Bonchev–Trinajstić information content (AvgIpc) is 2.48. The summed E-state index contributed by atoms with van der Waals surface area (Å²) in [7, 11) is -8.71. The Morgan fingerprint density at radius 1 is 0.500 bits per heavy atom. The molecule has 0 aromatic carbocycles. The molecule has 0 saturated carbocycles. The zero-order chi connectivity index (χ0) is 17.7. The summed E-state index contributed by atoms with van der Waals surface area (Å²) in [5.74, 6) is 0. The normalized spacial score (nSPS) is 11.3. The summed E-state index contributed by atoms with van der Waals surface area (Å²) in [5, 5.41) is 0. The van der Waals surface area contributed by atoms with Gasteiger partial charge in [-0.05, 0) is 37.0 Å². The van der Waals surface area contributed by atoms with Gasteiger partial charge in [0, 0.05) is 22.1 Å². The maximum Gasteiger partial charge on any atom is 0.0142 e. The van der Waals surface area contributed by atoms with E-state index < -0.39 is 22.1 Å². The highest BCUT2D eigenvalue weighted by molar-refractivity contribution is 7.57. The molecule has 9 heteroatoms. The van der Waals surface area contributed by atoms with Crippen molar-refractivity contribution in [3.05, 3.63) is 0 Å². The minimum atomic E-state index is -2.90. The van der Waals surface area contributed by atoms with Gasteiger partial charge in [-0.15, -0.1) is 0 Å². The van der Waals surface area contributed by atoms with Crippen molar-refractivity contribution >= 4 is 22.1 Å². The molecule has 0 heterocycles. The first-order chi connectivity index (χ1) is 9.36. The van der Waals surface area contributed by atoms with E-state index in [1.54, 1.807) is 41.5 Å². The highest BCUT2D eigenvalue weighted by Gasteiger charge is 1.97. The highest BCUT2D eigenvalue weighted by atomic mass is 31.2. The lowest BCUT2D eigenvalue weighted by Crippen LogP contribution is -2.04. The lowest BCUT2D eigenvalue weighted by molar-refractivity contribution is -0.175. The maximum absolute atomic E-state index is 10.4. The van der Waals surface area contributed by atoms with E-state index >= 15 is 0 Å². The molecule has 0 aliphatic carbocycles. The van der Waals surface area contributed by atoms with E-state index in [2.05, 4.69) is 0 Å². The first-order valence-electron chi connectivity index (χ1n) is 7.24. The zero-order valence-corrected chi connectivity index (χ0v) is 16.7. The Hall–Kier alpha value is 0.570. The molecule has 0 aromatic rings. The van der Waals surface area contributed by atoms with E-state index in [-0.39, 0.29) is 7.43 Å². The summed E-state index contributed by atoms with van der Waals surface area (Å²) in [6, 6.07) is 0. The Labute approximate surface area is 137 Å². The van der Waals surface area contributed by atoms with E-state index in [9.17, 15) is 28.4 Å². The molecule has 0 aliphatic rings. The maximum atomic E-state index is 10.4. The van der Waals surface area contributed by atoms with Gasteiger partial charge >= 0.3 is 0 Å². The van der Waals surface area contributed by atoms with Crippen molar-refractivity contribution in [1.82, 2.24) is 0 Å². The van der Waals surface area contributed by atoms with Crippen molar-refractivity contribution in [3.8, 4) is 0 Å². The fraction of sp³-hybridized carbons (Fsp3) is 1.00. The first kappa shape index (κ1) is 30.5. The number of rotatable bonds is 6. The van der Waals surface area contributed by atoms with Crippen LogP contribution in [0, 0.1) is 0 Å². The van der Waals surface area contributed by atoms with Crippen molar-refractivity contribution in [1.29, 1.82) is 0 Å². The molecule has 6 nitrogen and oxygen atoms in total. The van der Waals surface area contributed by atoms with Gasteiger partial charge in [0.25, 0.3) is 0 Å². The molecule has 0 unspecified atom stereocenters. The predicted molar refractivity (Wildman–Crippen MR) is 92.8 cm³/mol. The van der Waals surface area contributed by atoms with Gasteiger partial charge < -0.3 is 28.4 Å². The van der Waals surface area contributed by atoms with Gasteiger partial charge in [-0.25, -0.2) is 0 Å². The average molecular weight is 379 g/mol. The quantitative estimate of drug-likeness (QED) is 0.654. The summed E-state index contributed by atoms with van der Waals surface area (Å²) in [6.07, 6.45) is 1.77. The van der Waals surface area contributed by atoms with Gasteiger partial charge in [0.2, 0.25) is 0 Å². The lowest BCUT2D eigenvalue weighted by Gasteiger charge is -2.17. The molecule has 0 spiro atoms. The van der Waals surface area contributed by atoms with Crippen molar-refractivity contribution in [2.45, 2.75) is 49.0 Å². The van der Waals surface area contributed by atoms with Crippen molar-refractivity contribution in [2.24, 2.45) is 0 Å². The third-order valence-corrected chi connectivity index (χ3v) is 8.67. The van der Waals surface area contributed by atoms with Crippen LogP contribution in [0.1, 0.15) is 49.0 Å². The molecule has 0 atom stereocenters. The lowest BCUT2D eigenvalue weighted by atomic mass is 11.0. The van der Waals surface area contributed by atoms with Crippen LogP contribution in [-0.2, 0) is 13.7 Å². The van der Waals surface area contributed by atoms with Crippen LogP contribution < -0.4 is 14.7 Å². The largest absolute Gasteiger partial charge is 0.799 e. The topological polar surface area (TPSA) is 120 Å². The summed E-state index contributed by atoms with van der Waals surface area (Å²) in [4.78, 5) is 31.2. The van der Waals surface area contributed by atoms with Crippen molar-refractivity contribution < 1.29 is 28.4 Å². The Balaban J connectivity index is -0.000000108. The molecular formula is C13H34O6P3-3. The molecule has 0 amide bonds. The Morgan fingerprint density at radius 3 is 0.591 bits per heavy atom. The second-order valence-electron chi connectivity index (χ2n) is 4.34. The van der Waals surface area contributed by atoms with Crippen LogP contribution in [0.15, 0.2) is 0 Å². The van der Waals surface area contributed by atoms with E-state index in [1.807, 2.05) is 0 Å². The third kappa shape index (κ3) is 22.8. The van der Waals surface area contributed by atoms with Crippen LogP contribution >= 0.6 is 22.1 Å². The van der Waals surface area contributed by atoms with Gasteiger partial charge in [-0.1, -0.05) is 49.0 Å². The van der Waals surface area contributed by atoms with Crippen LogP contribution in [0.3, 0.4) is 0 Å². The highest BCUT2D eigenvalue weighted by Crippen LogP contribution is 2.33. The molecular weight excluding hydrogens is 345 g/mol. The standard InChI is InChI=1S/3C4H11O2P.CH4/c3*1-3-7(5,6)4-2;/h3*3-4H2,1-2H3,(H,5,6);1H4/p-3. The van der Waals surface area contributed by atoms with Gasteiger partial charge in [0.15, 0.2) is 0 Å². The SMILES string of the molecule is C.CCP(=O)([O-])CC.CCP(=O)([O-])CC.CCP(=O)([O-])CC. The monoisotopic (exact) mass is 379 g/mol. The van der Waals surface area contributed by atoms with Crippen LogP contribution in [0.5, 0.6) is 0 Å². The van der Waals surface area contributed by atoms with Gasteiger partial charge in [-0.3, -0.25) is 0 Å². The minimum absolute atomic E-state index is 0. The number of hydrogen-bond acceptors (Lipinski definition) is 6. The number of hydrogen-bond donors (Lipinski definition) is 0. The molecule has 0 aromatic heterocycles. The van der Waals surface area contributed by atoms with Crippen LogP contribution in [0.25, 0.3) is 0 Å². The fourth-order valence-electron chi connectivity index (χ4n) is 0.671. The summed E-state index contributed by atoms with van der Waals surface area (Å²) in [6.45, 7) is 9.98. The van der Waals surface area contributed by atoms with Crippen molar-refractivity contribution in [3.63, 3.8) is 0 Å². The fourth-order valence-corrected chi connectivity index (χ4v) is 2.01. The molecule has 0 saturated heterocycles. The molecule has 0 rings (SSSR count). The van der Waals surface area contributed by atoms with Crippen molar-refractivity contribution in [2.75, 3.05) is 37.0 Å². The minimum Gasteiger partial charge on any atom is -0.799 e. The Kier molecular flexibility index (Phi) is 20.9. The van der Waals surface area contributed by atoms with E-state index in [0.29, 0.717) is 37.0 Å². The second-order valence-corrected chi connectivity index (χ2v) is 13.0. The van der Waals surface area contributed by atoms with Crippen LogP contribution in [-0.4, -0.2) is 37.0 Å². The summed E-state index contributed by atoms with van der Waals surface area (Å²) >= 11 is 0. The summed E-state index contributed by atoms with van der Waals surface area (Å²) < 4.78 is 31.2. The van der Waals surface area contributed by atoms with Gasteiger partial charge in [-0.2, -0.15) is 0 Å². The molecule has 22 heavy (non-hydrogen) atoms. The third-order valence-electron chi connectivity index (χ3n) is 2.89. The molecule has 0 bridgehead atoms. The second kappa shape index (κ2) is 15.1. The molecule has 0 N–H and O–H groups in total. The first-order valence-corrected chi connectivity index (χ1v) is 13.2. The van der Waals surface area contributed by atoms with Crippen LogP contribution in [0.4, 0.5) is 0 Å². The predicted octanol–water partition coefficient (Wildman–Crippen LogP) is 2.63. The van der Waals surface area contributed by atoms with Crippen LogP contribution in [0.2, 0.25) is 0 Å². The molecule has 0 radical (unpaired) electrons. The molecule has 0 aliphatic heterocycles. The zero-order valence-electron chi connectivity index (χ0n) is 14.0. The van der Waals surface area contributed by atoms with E-state index in [1.165, 1.54) is 0 Å². The van der Waals surface area contributed by atoms with Gasteiger partial charge in [0.05, 0.1) is 0 Å². The van der Waals surface area contributed by atoms with Gasteiger partial charge in [0.1, 0.15) is 0 Å².